The molecule has 0 rings (SSSR count). The van der Waals surface area contributed by atoms with Crippen molar-refractivity contribution in [1.82, 2.24) is 0 Å². The third-order valence-corrected chi connectivity index (χ3v) is 3.00. The molecule has 0 amide bonds. The molecule has 0 radical (unpaired) electrons. The molecular formula is C11H23INO2+. The summed E-state index contributed by atoms with van der Waals surface area (Å²) in [4.78, 5) is 11.6. The van der Waals surface area contributed by atoms with E-state index in [1.165, 1.54) is 0 Å². The van der Waals surface area contributed by atoms with Crippen molar-refractivity contribution in [3.8, 4) is 0 Å². The van der Waals surface area contributed by atoms with Gasteiger partial charge in [0.25, 0.3) is 0 Å². The minimum Gasteiger partial charge on any atom is -0.459 e. The molecule has 0 heterocycles. The van der Waals surface area contributed by atoms with Crippen LogP contribution >= 0.6 is 22.9 Å². The van der Waals surface area contributed by atoms with Crippen LogP contribution in [-0.2, 0) is 9.53 Å². The number of nitrogens with zero attached hydrogens (tertiary/aromatic N) is 1. The molecule has 0 aromatic carbocycles. The Labute approximate surface area is 107 Å². The van der Waals surface area contributed by atoms with Gasteiger partial charge in [-0.2, -0.15) is 0 Å². The van der Waals surface area contributed by atoms with E-state index in [0.29, 0.717) is 6.61 Å². The van der Waals surface area contributed by atoms with Crippen LogP contribution in [0.25, 0.3) is 0 Å². The molecule has 0 aliphatic rings. The lowest BCUT2D eigenvalue weighted by Gasteiger charge is -2.26. The average molecular weight is 328 g/mol. The van der Waals surface area contributed by atoms with Gasteiger partial charge in [-0.15, -0.1) is 0 Å². The van der Waals surface area contributed by atoms with Gasteiger partial charge in [0.1, 0.15) is 13.2 Å². The molecule has 1 atom stereocenters. The largest absolute Gasteiger partial charge is 0.459 e. The first-order valence-corrected chi connectivity index (χ1v) is 6.20. The number of likely N-dealkylation sites (N-methyl/N-ethyl adjacent to an activating group) is 1. The molecule has 0 spiro atoms. The van der Waals surface area contributed by atoms with Crippen LogP contribution in [0.15, 0.2) is 0 Å². The van der Waals surface area contributed by atoms with Gasteiger partial charge in [-0.1, -0.05) is 27.7 Å². The molecule has 0 saturated heterocycles. The van der Waals surface area contributed by atoms with Gasteiger partial charge in [-0.05, 0) is 5.41 Å². The fraction of sp³-hybridized carbons (Fsp3) is 0.909. The second-order valence-corrected chi connectivity index (χ2v) is 8.13. The van der Waals surface area contributed by atoms with Crippen LogP contribution in [0.4, 0.5) is 0 Å². The molecule has 0 saturated carbocycles. The first kappa shape index (κ1) is 15.2. The number of ether oxygens (including phenoxy) is 1. The van der Waals surface area contributed by atoms with E-state index in [1.54, 1.807) is 0 Å². The van der Waals surface area contributed by atoms with Gasteiger partial charge in [0.05, 0.1) is 20.0 Å². The highest BCUT2D eigenvalue weighted by atomic mass is 127. The van der Waals surface area contributed by atoms with E-state index >= 15 is 0 Å². The van der Waals surface area contributed by atoms with Gasteiger partial charge in [-0.25, -0.2) is 0 Å². The molecule has 0 N–H and O–H groups in total. The molecule has 0 aliphatic carbocycles. The second-order valence-electron chi connectivity index (χ2n) is 5.52. The van der Waals surface area contributed by atoms with Crippen molar-refractivity contribution in [2.45, 2.75) is 27.7 Å². The fourth-order valence-electron chi connectivity index (χ4n) is 0.842. The van der Waals surface area contributed by atoms with E-state index in [-0.39, 0.29) is 17.3 Å². The van der Waals surface area contributed by atoms with E-state index in [1.807, 2.05) is 6.92 Å². The Morgan fingerprint density at radius 2 is 1.87 bits per heavy atom. The molecule has 0 aromatic rings. The lowest BCUT2D eigenvalue weighted by atomic mass is 9.82. The van der Waals surface area contributed by atoms with Crippen molar-refractivity contribution in [3.05, 3.63) is 0 Å². The van der Waals surface area contributed by atoms with Crippen molar-refractivity contribution in [2.24, 2.45) is 11.3 Å². The summed E-state index contributed by atoms with van der Waals surface area (Å²) in [7, 11) is 4.14. The molecule has 90 valence electrons. The van der Waals surface area contributed by atoms with E-state index in [4.69, 9.17) is 4.74 Å². The predicted octanol–water partition coefficient (Wildman–Crippen LogP) is 2.64. The highest BCUT2D eigenvalue weighted by Crippen LogP contribution is 2.26. The van der Waals surface area contributed by atoms with Crippen LogP contribution in [0.2, 0.25) is 0 Å². The zero-order valence-electron chi connectivity index (χ0n) is 10.6. The van der Waals surface area contributed by atoms with Crippen molar-refractivity contribution >= 4 is 28.8 Å². The summed E-state index contributed by atoms with van der Waals surface area (Å²) in [5.74, 6) is -0.144. The molecule has 1 unspecified atom stereocenters. The number of esters is 1. The minimum absolute atomic E-state index is 0.0220. The molecule has 0 fully saturated rings. The summed E-state index contributed by atoms with van der Waals surface area (Å²) < 4.78 is 6.03. The molecule has 0 aromatic heterocycles. The number of quaternary nitrogens is 1. The second kappa shape index (κ2) is 5.48. The van der Waals surface area contributed by atoms with E-state index in [0.717, 1.165) is 9.24 Å². The van der Waals surface area contributed by atoms with Crippen LogP contribution in [0.1, 0.15) is 27.7 Å². The molecule has 15 heavy (non-hydrogen) atoms. The summed E-state index contributed by atoms with van der Waals surface area (Å²) >= 11 is 2.30. The number of hydrogen-bond donors (Lipinski definition) is 0. The van der Waals surface area contributed by atoms with Gasteiger partial charge < -0.3 is 4.74 Å². The number of hydrogen-bond acceptors (Lipinski definition) is 2. The summed E-state index contributed by atoms with van der Waals surface area (Å²) in [6.45, 7) is 9.41. The van der Waals surface area contributed by atoms with Crippen LogP contribution in [0, 0.1) is 11.3 Å². The maximum absolute atomic E-state index is 11.6. The van der Waals surface area contributed by atoms with Crippen LogP contribution in [0.3, 0.4) is 0 Å². The Bertz CT molecular complexity index is 216. The van der Waals surface area contributed by atoms with Gasteiger partial charge in [0, 0.05) is 0 Å². The SMILES string of the molecule is CC(C(=O)OCC[N+](C)(C)I)C(C)(C)C. The van der Waals surface area contributed by atoms with Crippen LogP contribution < -0.4 is 0 Å². The highest BCUT2D eigenvalue weighted by molar-refractivity contribution is 14.1. The van der Waals surface area contributed by atoms with Gasteiger partial charge in [0.15, 0.2) is 0 Å². The summed E-state index contributed by atoms with van der Waals surface area (Å²) in [6, 6.07) is 0. The zero-order chi connectivity index (χ0) is 12.3. The number of halogens is 1. The van der Waals surface area contributed by atoms with Gasteiger partial charge in [-0.3, -0.25) is 7.49 Å². The van der Waals surface area contributed by atoms with Crippen LogP contribution in [0.5, 0.6) is 0 Å². The summed E-state index contributed by atoms with van der Waals surface area (Å²) in [5, 5.41) is 0. The molecule has 3 nitrogen and oxygen atoms in total. The quantitative estimate of drug-likeness (QED) is 0.451. The van der Waals surface area contributed by atoms with Crippen LogP contribution in [-0.4, -0.2) is 35.9 Å². The van der Waals surface area contributed by atoms with Crippen molar-refractivity contribution < 1.29 is 12.2 Å². The molecule has 0 bridgehead atoms. The smallest absolute Gasteiger partial charge is 0.309 e. The van der Waals surface area contributed by atoms with E-state index < -0.39 is 0 Å². The summed E-state index contributed by atoms with van der Waals surface area (Å²) in [5.41, 5.74) is -0.0220. The normalized spacial score (nSPS) is 14.9. The third-order valence-electron chi connectivity index (χ3n) is 2.52. The van der Waals surface area contributed by atoms with E-state index in [9.17, 15) is 4.79 Å². The van der Waals surface area contributed by atoms with Crippen molar-refractivity contribution in [3.63, 3.8) is 0 Å². The zero-order valence-corrected chi connectivity index (χ0v) is 12.8. The monoisotopic (exact) mass is 328 g/mol. The van der Waals surface area contributed by atoms with Gasteiger partial charge >= 0.3 is 5.97 Å². The minimum atomic E-state index is -0.0904. The van der Waals surface area contributed by atoms with E-state index in [2.05, 4.69) is 57.7 Å². The maximum atomic E-state index is 11.6. The predicted molar refractivity (Wildman–Crippen MR) is 70.6 cm³/mol. The number of rotatable bonds is 4. The Kier molecular flexibility index (Phi) is 5.54. The maximum Gasteiger partial charge on any atom is 0.309 e. The third kappa shape index (κ3) is 7.11. The summed E-state index contributed by atoms with van der Waals surface area (Å²) in [6.07, 6.45) is 0. The highest BCUT2D eigenvalue weighted by Gasteiger charge is 2.28. The Morgan fingerprint density at radius 1 is 1.40 bits per heavy atom. The lowest BCUT2D eigenvalue weighted by molar-refractivity contribution is -0.707. The molecule has 0 aliphatic heterocycles. The standard InChI is InChI=1S/C11H23INO2/c1-9(11(2,3)4)10(14)15-8-7-13(5,6)12/h9H,7-8H2,1-6H3/q+1. The van der Waals surface area contributed by atoms with Crippen molar-refractivity contribution in [1.29, 1.82) is 0 Å². The Morgan fingerprint density at radius 3 is 2.20 bits per heavy atom. The molecular weight excluding hydrogens is 305 g/mol. The average Bonchev–Trinajstić information content (AvgIpc) is 1.98. The first-order chi connectivity index (χ1) is 6.54. The lowest BCUT2D eigenvalue weighted by Crippen LogP contribution is -2.34. The van der Waals surface area contributed by atoms with Crippen molar-refractivity contribution in [2.75, 3.05) is 27.2 Å². The Balaban J connectivity index is 3.96. The Hall–Kier alpha value is 0.160. The topological polar surface area (TPSA) is 26.3 Å². The number of carbonyl (C=O) groups is 1. The molecule has 4 heteroatoms. The fourth-order valence-corrected chi connectivity index (χ4v) is 1.04. The number of carbonyl (C=O) groups excluding carboxylic acids is 1. The van der Waals surface area contributed by atoms with Gasteiger partial charge in [0.2, 0.25) is 22.9 Å². The first-order valence-electron chi connectivity index (χ1n) is 5.23.